The van der Waals surface area contributed by atoms with E-state index in [1.165, 1.54) is 31.8 Å². The Morgan fingerprint density at radius 3 is 1.85 bits per heavy atom. The first-order valence-corrected chi connectivity index (χ1v) is 28.7. The van der Waals surface area contributed by atoms with Gasteiger partial charge in [-0.2, -0.15) is 10.2 Å². The Kier molecular flexibility index (Phi) is 21.1. The Morgan fingerprint density at radius 2 is 1.32 bits per heavy atom. The zero-order chi connectivity index (χ0) is 55.5. The van der Waals surface area contributed by atoms with Crippen LogP contribution < -0.4 is 21.3 Å². The van der Waals surface area contributed by atoms with Gasteiger partial charge in [0.1, 0.15) is 33.7 Å². The van der Waals surface area contributed by atoms with Crippen LogP contribution >= 0.6 is 22.7 Å². The molecule has 0 bridgehead atoms. The van der Waals surface area contributed by atoms with Gasteiger partial charge in [0, 0.05) is 74.3 Å². The van der Waals surface area contributed by atoms with E-state index in [1.54, 1.807) is 57.4 Å². The molecule has 21 nitrogen and oxygen atoms in total. The highest BCUT2D eigenvalue weighted by molar-refractivity contribution is 7.10. The van der Waals surface area contributed by atoms with E-state index in [1.807, 2.05) is 74.4 Å². The van der Waals surface area contributed by atoms with Crippen molar-refractivity contribution in [3.05, 3.63) is 82.0 Å². The van der Waals surface area contributed by atoms with E-state index in [4.69, 9.17) is 24.2 Å². The third-order valence-corrected chi connectivity index (χ3v) is 16.6. The number of likely N-dealkylation sites (N-methyl/N-ethyl adjacent to an activating group) is 2. The molecule has 4 amide bonds. The number of carbonyl (C=O) groups is 5. The van der Waals surface area contributed by atoms with Crippen LogP contribution in [0.25, 0.3) is 33.5 Å². The number of carboxylic acid groups (broad SMARTS) is 1. The number of nitrogens with zero attached hydrogens (tertiary/aromatic N) is 8. The Bertz CT molecular complexity index is 2970. The number of hydrogen-bond donors (Lipinski definition) is 5. The molecule has 0 aromatic carbocycles. The van der Waals surface area contributed by atoms with E-state index in [0.717, 1.165) is 75.7 Å². The molecule has 0 spiro atoms. The number of carboxylic acids is 1. The van der Waals surface area contributed by atoms with Crippen LogP contribution in [0.5, 0.6) is 0 Å². The lowest BCUT2D eigenvalue weighted by Gasteiger charge is -2.35. The molecule has 4 aliphatic heterocycles. The highest BCUT2D eigenvalue weighted by Gasteiger charge is 2.41. The summed E-state index contributed by atoms with van der Waals surface area (Å²) in [5, 5.41) is 36.6. The van der Waals surface area contributed by atoms with Gasteiger partial charge < -0.3 is 45.5 Å². The molecule has 4 fully saturated rings. The fourth-order valence-electron chi connectivity index (χ4n) is 9.97. The van der Waals surface area contributed by atoms with Crippen LogP contribution in [0.4, 0.5) is 4.79 Å². The van der Waals surface area contributed by atoms with Gasteiger partial charge in [0.15, 0.2) is 0 Å². The molecule has 0 unspecified atom stereocenters. The Hall–Kier alpha value is -6.37. The molecule has 23 heteroatoms. The molecule has 79 heavy (non-hydrogen) atoms. The van der Waals surface area contributed by atoms with Gasteiger partial charge >= 0.3 is 12.1 Å². The molecule has 10 rings (SSSR count). The van der Waals surface area contributed by atoms with Crippen LogP contribution in [0.3, 0.4) is 0 Å². The minimum Gasteiger partial charge on any atom is -0.480 e. The number of thiazole rings is 2. The molecule has 10 heterocycles. The zero-order valence-corrected chi connectivity index (χ0v) is 47.2. The maximum Gasteiger partial charge on any atom is 0.410 e. The Balaban J connectivity index is 0.000000179. The van der Waals surface area contributed by atoms with E-state index < -0.39 is 41.7 Å². The number of hydrogen-bond acceptors (Lipinski definition) is 16. The number of ether oxygens (including phenoxy) is 3. The molecule has 0 aliphatic carbocycles. The van der Waals surface area contributed by atoms with Crippen molar-refractivity contribution in [3.63, 3.8) is 0 Å². The largest absolute Gasteiger partial charge is 0.480 e. The summed E-state index contributed by atoms with van der Waals surface area (Å²) in [4.78, 5) is 75.3. The molecule has 6 atom stereocenters. The van der Waals surface area contributed by atoms with Crippen molar-refractivity contribution in [2.24, 2.45) is 11.8 Å². The van der Waals surface area contributed by atoms with Crippen LogP contribution in [0.15, 0.2) is 71.9 Å². The van der Waals surface area contributed by atoms with E-state index in [0.29, 0.717) is 51.9 Å². The summed E-state index contributed by atoms with van der Waals surface area (Å²) in [6.07, 6.45) is 13.9. The smallest absolute Gasteiger partial charge is 0.410 e. The first-order valence-electron chi connectivity index (χ1n) is 26.9. The van der Waals surface area contributed by atoms with E-state index in [9.17, 15) is 29.1 Å². The first-order chi connectivity index (χ1) is 37.5. The van der Waals surface area contributed by atoms with Gasteiger partial charge in [-0.3, -0.25) is 19.3 Å². The molecule has 428 valence electrons. The number of amides is 4. The summed E-state index contributed by atoms with van der Waals surface area (Å²) < 4.78 is 19.7. The highest BCUT2D eigenvalue weighted by Crippen LogP contribution is 2.38. The Morgan fingerprint density at radius 1 is 0.772 bits per heavy atom. The number of nitrogens with one attached hydrogen (secondary N) is 4. The molecule has 0 saturated carbocycles. The third kappa shape index (κ3) is 15.1. The van der Waals surface area contributed by atoms with Crippen LogP contribution in [0.1, 0.15) is 116 Å². The van der Waals surface area contributed by atoms with Gasteiger partial charge in [0.2, 0.25) is 17.7 Å². The summed E-state index contributed by atoms with van der Waals surface area (Å²) >= 11 is 3.33. The number of rotatable bonds is 14. The standard InChI is InChI=1S/C25H32N6O3S.C16H28N2O6.C14H14N4S.CH4/c1-16(26-2)23(32)29-22(17-8-12-34-13-9-17)25(33)30-10-5-7-21(30)24-28-19(15-35-24)18-14-27-31-11-4-3-6-20(18)31;1-10(18(5)15(22)24-16(2,3)4)13(19)17-12(14(20)21)11-6-8-23-9-7-11;1-2-7-18-13(5-1)10(8-16-18)12-9-19-14(17-12)11-4-3-6-15-11;/h3-4,6,11,14-17,21-22,26H,5,7-10,12-13H2,1-2H3,(H,29,32);10-12H,6-9H2,1-5H3,(H,17,19)(H,20,21);1-2,5,7-9,11,15H,3-4,6H2;1H4/t16-,21-,22-;10-,12-;11-;/m000./s1. The molecule has 6 aromatic rings. The minimum atomic E-state index is -1.08. The lowest BCUT2D eigenvalue weighted by atomic mass is 9.90. The highest BCUT2D eigenvalue weighted by atomic mass is 32.1. The predicted octanol–water partition coefficient (Wildman–Crippen LogP) is 7.40. The summed E-state index contributed by atoms with van der Waals surface area (Å²) in [5.41, 5.74) is 5.45. The van der Waals surface area contributed by atoms with Gasteiger partial charge in [-0.05, 0) is 136 Å². The summed E-state index contributed by atoms with van der Waals surface area (Å²) in [5.74, 6) is -1.89. The first kappa shape index (κ1) is 60.3. The number of aromatic nitrogens is 6. The van der Waals surface area contributed by atoms with Gasteiger partial charge in [0.25, 0.3) is 0 Å². The lowest BCUT2D eigenvalue weighted by Crippen LogP contribution is -2.56. The second kappa shape index (κ2) is 27.7. The van der Waals surface area contributed by atoms with Crippen molar-refractivity contribution >= 4 is 63.5 Å². The molecule has 0 radical (unpaired) electrons. The molecular formula is C56H78N12O9S2. The maximum absolute atomic E-state index is 13.9. The van der Waals surface area contributed by atoms with Gasteiger partial charge in [0.05, 0.1) is 52.9 Å². The van der Waals surface area contributed by atoms with Crippen LogP contribution in [-0.4, -0.2) is 157 Å². The van der Waals surface area contributed by atoms with E-state index in [2.05, 4.69) is 42.9 Å². The average Bonchev–Trinajstić information content (AvgIpc) is 4.35. The van der Waals surface area contributed by atoms with Gasteiger partial charge in [-0.25, -0.2) is 28.6 Å². The summed E-state index contributed by atoms with van der Waals surface area (Å²) in [6.45, 7) is 12.5. The molecular weight excluding hydrogens is 1050 g/mol. The lowest BCUT2D eigenvalue weighted by molar-refractivity contribution is -0.145. The van der Waals surface area contributed by atoms with Crippen LogP contribution in [0.2, 0.25) is 0 Å². The van der Waals surface area contributed by atoms with Crippen molar-refractivity contribution in [2.45, 2.75) is 135 Å². The normalized spacial score (nSPS) is 19.4. The SMILES string of the molecule is C.CN[C@@H](C)C(=O)N[C@H](C(=O)N1CCC[C@H]1c1nc(-c2cnn3ccccc23)cs1)C1CCOCC1.C[C@@H](C(=O)N[C@H](C(=O)O)C1CCOCC1)N(C)C(=O)OC(C)(C)C.c1ccn2ncc(-c3csc([C@@H]4CCCN4)n3)c2c1. The topological polar surface area (TPSA) is 248 Å². The number of aliphatic carboxylic acids is 1. The van der Waals surface area contributed by atoms with Crippen molar-refractivity contribution in [2.75, 3.05) is 53.6 Å². The second-order valence-electron chi connectivity index (χ2n) is 21.1. The molecule has 5 N–H and O–H groups in total. The van der Waals surface area contributed by atoms with Gasteiger partial charge in [-0.1, -0.05) is 19.6 Å². The van der Waals surface area contributed by atoms with E-state index >= 15 is 0 Å². The summed E-state index contributed by atoms with van der Waals surface area (Å²) in [7, 11) is 3.19. The maximum atomic E-state index is 13.9. The number of likely N-dealkylation sites (tertiary alicyclic amines) is 1. The number of pyridine rings is 2. The number of carbonyl (C=O) groups excluding carboxylic acids is 4. The van der Waals surface area contributed by atoms with Crippen LogP contribution in [-0.2, 0) is 33.4 Å². The van der Waals surface area contributed by atoms with Gasteiger partial charge in [-0.15, -0.1) is 22.7 Å². The third-order valence-electron chi connectivity index (χ3n) is 14.7. The van der Waals surface area contributed by atoms with Crippen molar-refractivity contribution in [3.8, 4) is 22.5 Å². The van der Waals surface area contributed by atoms with E-state index in [-0.39, 0.29) is 43.2 Å². The zero-order valence-electron chi connectivity index (χ0n) is 45.6. The van der Waals surface area contributed by atoms with Crippen LogP contribution in [0, 0.1) is 11.8 Å². The fraction of sp³-hybridized carbons (Fsp3) is 0.554. The quantitative estimate of drug-likeness (QED) is 0.0713. The van der Waals surface area contributed by atoms with Crippen molar-refractivity contribution < 1.29 is 43.3 Å². The van der Waals surface area contributed by atoms with Crippen molar-refractivity contribution in [1.82, 2.24) is 60.3 Å². The molecule has 4 aliphatic rings. The monoisotopic (exact) mass is 1130 g/mol. The minimum absolute atomic E-state index is 0. The van der Waals surface area contributed by atoms with Crippen molar-refractivity contribution in [1.29, 1.82) is 0 Å². The summed E-state index contributed by atoms with van der Waals surface area (Å²) in [6, 6.07) is 9.67. The Labute approximate surface area is 470 Å². The predicted molar refractivity (Wildman–Crippen MR) is 304 cm³/mol. The average molecular weight is 1130 g/mol. The fourth-order valence-corrected chi connectivity index (χ4v) is 11.9. The molecule has 6 aromatic heterocycles. The second-order valence-corrected chi connectivity index (χ2v) is 22.9. The molecule has 4 saturated heterocycles. The number of fused-ring (bicyclic) bond motifs is 2.